The van der Waals surface area contributed by atoms with E-state index in [0.717, 1.165) is 5.69 Å². The van der Waals surface area contributed by atoms with Crippen LogP contribution in [0.5, 0.6) is 0 Å². The third-order valence-corrected chi connectivity index (χ3v) is 3.54. The van der Waals surface area contributed by atoms with E-state index in [2.05, 4.69) is 5.32 Å². The molecular weight excluding hydrogens is 292 g/mol. The van der Waals surface area contributed by atoms with Gasteiger partial charge in [-0.2, -0.15) is 0 Å². The summed E-state index contributed by atoms with van der Waals surface area (Å²) in [5, 5.41) is 3.86. The maximum Gasteiger partial charge on any atom is 0.344 e. The van der Waals surface area contributed by atoms with Crippen LogP contribution >= 0.6 is 0 Å². The van der Waals surface area contributed by atoms with E-state index in [0.29, 0.717) is 16.5 Å². The molecule has 0 fully saturated rings. The van der Waals surface area contributed by atoms with Gasteiger partial charge in [-0.25, -0.2) is 4.79 Å². The van der Waals surface area contributed by atoms with Crippen LogP contribution in [-0.2, 0) is 0 Å². The third-order valence-electron chi connectivity index (χ3n) is 3.54. The summed E-state index contributed by atoms with van der Waals surface area (Å²) in [5.41, 5.74) is 1.15. The van der Waals surface area contributed by atoms with E-state index < -0.39 is 11.5 Å². The number of nitrogens with zero attached hydrogens (tertiary/aromatic N) is 1. The molecule has 3 rings (SSSR count). The number of hydrogen-bond acceptors (Lipinski definition) is 4. The van der Waals surface area contributed by atoms with Gasteiger partial charge in [-0.3, -0.25) is 4.79 Å². The van der Waals surface area contributed by atoms with E-state index in [4.69, 9.17) is 4.42 Å². The summed E-state index contributed by atoms with van der Waals surface area (Å²) in [6, 6.07) is 16.0. The van der Waals surface area contributed by atoms with Gasteiger partial charge in [-0.15, -0.1) is 0 Å². The highest BCUT2D eigenvalue weighted by Gasteiger charge is 2.12. The molecule has 1 N–H and O–H groups in total. The Morgan fingerprint density at radius 1 is 1.04 bits per heavy atom. The number of amides is 1. The summed E-state index contributed by atoms with van der Waals surface area (Å²) in [6.45, 7) is 0. The average Bonchev–Trinajstić information content (AvgIpc) is 2.55. The molecule has 0 atom stereocenters. The number of carbonyl (C=O) groups is 1. The molecule has 1 amide bonds. The molecule has 23 heavy (non-hydrogen) atoms. The van der Waals surface area contributed by atoms with Gasteiger partial charge >= 0.3 is 5.63 Å². The molecule has 0 radical (unpaired) electrons. The molecule has 5 heteroatoms. The zero-order valence-electron chi connectivity index (χ0n) is 12.9. The van der Waals surface area contributed by atoms with Crippen molar-refractivity contribution < 1.29 is 9.21 Å². The number of rotatable bonds is 3. The molecule has 1 heterocycles. The second-order valence-corrected chi connectivity index (χ2v) is 5.38. The van der Waals surface area contributed by atoms with Crippen molar-refractivity contribution in [2.75, 3.05) is 24.3 Å². The standard InChI is InChI=1S/C18H16N2O3/c1-20(2)14-9-7-13(8-10-14)19-17(21)16-11-12-5-3-4-6-15(12)18(22)23-16/h3-11H,1-2H3,(H,19,21). The molecule has 116 valence electrons. The van der Waals surface area contributed by atoms with Crippen molar-refractivity contribution in [3.8, 4) is 0 Å². The van der Waals surface area contributed by atoms with Crippen LogP contribution in [0, 0.1) is 0 Å². The summed E-state index contributed by atoms with van der Waals surface area (Å²) in [7, 11) is 3.88. The van der Waals surface area contributed by atoms with Gasteiger partial charge in [-0.1, -0.05) is 18.2 Å². The number of fused-ring (bicyclic) bond motifs is 1. The highest BCUT2D eigenvalue weighted by atomic mass is 16.4. The summed E-state index contributed by atoms with van der Waals surface area (Å²) < 4.78 is 5.11. The second-order valence-electron chi connectivity index (χ2n) is 5.38. The van der Waals surface area contributed by atoms with Gasteiger partial charge in [0.15, 0.2) is 5.76 Å². The highest BCUT2D eigenvalue weighted by Crippen LogP contribution is 2.17. The first-order valence-corrected chi connectivity index (χ1v) is 7.16. The number of hydrogen-bond donors (Lipinski definition) is 1. The van der Waals surface area contributed by atoms with Crippen LogP contribution in [0.2, 0.25) is 0 Å². The zero-order chi connectivity index (χ0) is 16.4. The Bertz CT molecular complexity index is 911. The Labute approximate surface area is 133 Å². The molecule has 0 saturated carbocycles. The summed E-state index contributed by atoms with van der Waals surface area (Å²) >= 11 is 0. The summed E-state index contributed by atoms with van der Waals surface area (Å²) in [4.78, 5) is 26.2. The van der Waals surface area contributed by atoms with E-state index in [1.807, 2.05) is 37.2 Å². The van der Waals surface area contributed by atoms with Crippen molar-refractivity contribution in [3.05, 3.63) is 70.8 Å². The molecule has 0 bridgehead atoms. The lowest BCUT2D eigenvalue weighted by Gasteiger charge is -2.12. The van der Waals surface area contributed by atoms with Crippen molar-refractivity contribution in [3.63, 3.8) is 0 Å². The smallest absolute Gasteiger partial charge is 0.344 e. The Morgan fingerprint density at radius 2 is 1.74 bits per heavy atom. The van der Waals surface area contributed by atoms with Crippen molar-refractivity contribution in [2.45, 2.75) is 0 Å². The van der Waals surface area contributed by atoms with E-state index in [1.165, 1.54) is 0 Å². The van der Waals surface area contributed by atoms with Gasteiger partial charge in [-0.05, 0) is 41.8 Å². The van der Waals surface area contributed by atoms with E-state index in [1.54, 1.807) is 36.4 Å². The minimum absolute atomic E-state index is 0.00890. The lowest BCUT2D eigenvalue weighted by atomic mass is 10.1. The van der Waals surface area contributed by atoms with Crippen LogP contribution in [-0.4, -0.2) is 20.0 Å². The predicted molar refractivity (Wildman–Crippen MR) is 91.2 cm³/mol. The van der Waals surface area contributed by atoms with E-state index in [9.17, 15) is 9.59 Å². The molecule has 5 nitrogen and oxygen atoms in total. The normalized spacial score (nSPS) is 10.5. The van der Waals surface area contributed by atoms with Gasteiger partial charge in [0.2, 0.25) is 0 Å². The van der Waals surface area contributed by atoms with Crippen molar-refractivity contribution >= 4 is 28.1 Å². The van der Waals surface area contributed by atoms with Crippen LogP contribution < -0.4 is 15.8 Å². The molecule has 0 aliphatic carbocycles. The van der Waals surface area contributed by atoms with Gasteiger partial charge in [0, 0.05) is 25.5 Å². The summed E-state index contributed by atoms with van der Waals surface area (Å²) in [5.74, 6) is -0.462. The maximum atomic E-state index is 12.3. The first-order chi connectivity index (χ1) is 11.0. The molecule has 1 aromatic heterocycles. The highest BCUT2D eigenvalue weighted by molar-refractivity contribution is 6.04. The van der Waals surface area contributed by atoms with Crippen molar-refractivity contribution in [2.24, 2.45) is 0 Å². The molecule has 3 aromatic rings. The quantitative estimate of drug-likeness (QED) is 0.807. The molecule has 0 unspecified atom stereocenters. The average molecular weight is 308 g/mol. The fourth-order valence-corrected chi connectivity index (χ4v) is 2.28. The first-order valence-electron chi connectivity index (χ1n) is 7.16. The fourth-order valence-electron chi connectivity index (χ4n) is 2.28. The van der Waals surface area contributed by atoms with Gasteiger partial charge in [0.1, 0.15) is 0 Å². The third kappa shape index (κ3) is 3.08. The van der Waals surface area contributed by atoms with Gasteiger partial charge < -0.3 is 14.6 Å². The minimum atomic E-state index is -0.517. The molecule has 0 spiro atoms. The Balaban J connectivity index is 1.87. The van der Waals surface area contributed by atoms with E-state index in [-0.39, 0.29) is 5.76 Å². The minimum Gasteiger partial charge on any atom is -0.417 e. The Morgan fingerprint density at radius 3 is 2.43 bits per heavy atom. The number of carbonyl (C=O) groups excluding carboxylic acids is 1. The molecule has 0 saturated heterocycles. The van der Waals surface area contributed by atoms with Gasteiger partial charge in [0.25, 0.3) is 5.91 Å². The monoisotopic (exact) mass is 308 g/mol. The van der Waals surface area contributed by atoms with Crippen LogP contribution in [0.1, 0.15) is 10.6 Å². The van der Waals surface area contributed by atoms with Crippen molar-refractivity contribution in [1.82, 2.24) is 0 Å². The first kappa shape index (κ1) is 14.8. The van der Waals surface area contributed by atoms with Crippen LogP contribution in [0.3, 0.4) is 0 Å². The number of anilines is 2. The Kier molecular flexibility index (Phi) is 3.85. The SMILES string of the molecule is CN(C)c1ccc(NC(=O)c2cc3ccccc3c(=O)o2)cc1. The lowest BCUT2D eigenvalue weighted by molar-refractivity contribution is 0.0993. The van der Waals surface area contributed by atoms with Gasteiger partial charge in [0.05, 0.1) is 5.39 Å². The van der Waals surface area contributed by atoms with Crippen LogP contribution in [0.4, 0.5) is 11.4 Å². The number of nitrogens with one attached hydrogen (secondary N) is 1. The second kappa shape index (κ2) is 5.96. The molecule has 2 aromatic carbocycles. The van der Waals surface area contributed by atoms with E-state index >= 15 is 0 Å². The van der Waals surface area contributed by atoms with Crippen molar-refractivity contribution in [1.29, 1.82) is 0 Å². The summed E-state index contributed by atoms with van der Waals surface area (Å²) in [6.07, 6.45) is 0. The number of benzene rings is 2. The molecular formula is C18H16N2O3. The Hall–Kier alpha value is -3.08. The molecule has 0 aliphatic rings. The predicted octanol–water partition coefficient (Wildman–Crippen LogP) is 3.11. The topological polar surface area (TPSA) is 62.6 Å². The largest absolute Gasteiger partial charge is 0.417 e. The fraction of sp³-hybridized carbons (Fsp3) is 0.111. The lowest BCUT2D eigenvalue weighted by Crippen LogP contribution is -2.15. The zero-order valence-corrected chi connectivity index (χ0v) is 12.9. The maximum absolute atomic E-state index is 12.3. The molecule has 0 aliphatic heterocycles. The van der Waals surface area contributed by atoms with Crippen LogP contribution in [0.25, 0.3) is 10.8 Å². The van der Waals surface area contributed by atoms with Crippen LogP contribution in [0.15, 0.2) is 63.8 Å².